The Balaban J connectivity index is 2.07. The van der Waals surface area contributed by atoms with Crippen LogP contribution in [0.1, 0.15) is 52.0 Å². The van der Waals surface area contributed by atoms with E-state index in [2.05, 4.69) is 20.8 Å². The van der Waals surface area contributed by atoms with Crippen LogP contribution < -0.4 is 4.74 Å². The topological polar surface area (TPSA) is 9.23 Å². The van der Waals surface area contributed by atoms with Gasteiger partial charge in [0, 0.05) is 0 Å². The van der Waals surface area contributed by atoms with E-state index in [-0.39, 0.29) is 11.5 Å². The number of hydrogen-bond donors (Lipinski definition) is 0. The lowest BCUT2D eigenvalue weighted by atomic mass is 9.83. The molecule has 0 bridgehead atoms. The van der Waals surface area contributed by atoms with E-state index in [1.165, 1.54) is 6.07 Å². The molecule has 2 rings (SSSR count). The number of hydrogen-bond acceptors (Lipinski definition) is 1. The van der Waals surface area contributed by atoms with Crippen molar-refractivity contribution in [3.05, 3.63) is 29.8 Å². The summed E-state index contributed by atoms with van der Waals surface area (Å²) in [5.74, 6) is 0.759. The number of benzene rings is 1. The maximum Gasteiger partial charge on any atom is 0.416 e. The number of alkyl halides is 3. The summed E-state index contributed by atoms with van der Waals surface area (Å²) in [5, 5.41) is 0. The van der Waals surface area contributed by atoms with Crippen molar-refractivity contribution in [2.75, 3.05) is 0 Å². The molecule has 0 radical (unpaired) electrons. The molecular formula is C17H23F3O. The second kappa shape index (κ2) is 5.90. The molecule has 1 nitrogen and oxygen atoms in total. The molecular weight excluding hydrogens is 277 g/mol. The Morgan fingerprint density at radius 3 is 2.48 bits per heavy atom. The summed E-state index contributed by atoms with van der Waals surface area (Å²) < 4.78 is 44.0. The fraction of sp³-hybridized carbons (Fsp3) is 0.647. The van der Waals surface area contributed by atoms with E-state index < -0.39 is 11.7 Å². The highest BCUT2D eigenvalue weighted by Crippen LogP contribution is 2.38. The number of rotatable bonds is 3. The van der Waals surface area contributed by atoms with Crippen molar-refractivity contribution >= 4 is 0 Å². The first-order chi connectivity index (χ1) is 9.65. The molecule has 2 unspecified atom stereocenters. The van der Waals surface area contributed by atoms with E-state index in [0.29, 0.717) is 11.7 Å². The van der Waals surface area contributed by atoms with Gasteiger partial charge in [-0.2, -0.15) is 13.2 Å². The van der Waals surface area contributed by atoms with Crippen LogP contribution in [-0.4, -0.2) is 6.10 Å². The van der Waals surface area contributed by atoms with Gasteiger partial charge in [0.1, 0.15) is 11.9 Å². The molecule has 0 spiro atoms. The largest absolute Gasteiger partial charge is 0.490 e. The summed E-state index contributed by atoms with van der Waals surface area (Å²) in [4.78, 5) is 0. The molecule has 0 saturated heterocycles. The van der Waals surface area contributed by atoms with Gasteiger partial charge in [0.05, 0.1) is 5.56 Å². The average molecular weight is 300 g/mol. The zero-order chi connectivity index (χ0) is 15.7. The van der Waals surface area contributed by atoms with Crippen LogP contribution >= 0.6 is 0 Å². The lowest BCUT2D eigenvalue weighted by molar-refractivity contribution is -0.137. The maximum atomic E-state index is 12.7. The number of ether oxygens (including phenoxy) is 1. The normalized spacial score (nSPS) is 23.3. The van der Waals surface area contributed by atoms with Crippen LogP contribution in [0.3, 0.4) is 0 Å². The van der Waals surface area contributed by atoms with Crippen molar-refractivity contribution in [3.8, 4) is 5.75 Å². The third-order valence-corrected chi connectivity index (χ3v) is 3.91. The first kappa shape index (κ1) is 16.2. The Labute approximate surface area is 124 Å². The molecule has 0 N–H and O–H groups in total. The molecule has 1 saturated carbocycles. The Kier molecular flexibility index (Phi) is 4.54. The first-order valence-electron chi connectivity index (χ1n) is 7.49. The van der Waals surface area contributed by atoms with Gasteiger partial charge in [0.2, 0.25) is 0 Å². The summed E-state index contributed by atoms with van der Waals surface area (Å²) in [5.41, 5.74) is -0.435. The van der Waals surface area contributed by atoms with Crippen molar-refractivity contribution < 1.29 is 17.9 Å². The van der Waals surface area contributed by atoms with Crippen LogP contribution in [0.15, 0.2) is 24.3 Å². The molecule has 1 aromatic rings. The molecule has 0 amide bonds. The molecule has 1 aromatic carbocycles. The summed E-state index contributed by atoms with van der Waals surface area (Å²) in [7, 11) is 0. The minimum absolute atomic E-state index is 0.0349. The molecule has 0 aromatic heterocycles. The zero-order valence-corrected chi connectivity index (χ0v) is 12.8. The maximum absolute atomic E-state index is 12.7. The van der Waals surface area contributed by atoms with Gasteiger partial charge in [-0.25, -0.2) is 0 Å². The van der Waals surface area contributed by atoms with Crippen molar-refractivity contribution in [1.82, 2.24) is 0 Å². The summed E-state index contributed by atoms with van der Waals surface area (Å²) in [6.45, 7) is 6.56. The van der Waals surface area contributed by atoms with Gasteiger partial charge in [-0.1, -0.05) is 26.8 Å². The van der Waals surface area contributed by atoms with E-state index in [9.17, 15) is 13.2 Å². The fourth-order valence-electron chi connectivity index (χ4n) is 3.10. The SMILES string of the molecule is CC(C)(C)CC1CCCC1Oc1cccc(C(F)(F)F)c1. The minimum Gasteiger partial charge on any atom is -0.490 e. The first-order valence-corrected chi connectivity index (χ1v) is 7.49. The zero-order valence-electron chi connectivity index (χ0n) is 12.8. The molecule has 4 heteroatoms. The van der Waals surface area contributed by atoms with Gasteiger partial charge in [-0.05, 0) is 55.2 Å². The Morgan fingerprint density at radius 1 is 1.14 bits per heavy atom. The van der Waals surface area contributed by atoms with Gasteiger partial charge in [-0.15, -0.1) is 0 Å². The molecule has 1 aliphatic rings. The highest BCUT2D eigenvalue weighted by Gasteiger charge is 2.33. The van der Waals surface area contributed by atoms with E-state index in [1.807, 2.05) is 0 Å². The average Bonchev–Trinajstić information content (AvgIpc) is 2.73. The molecule has 2 atom stereocenters. The van der Waals surface area contributed by atoms with Crippen LogP contribution in [0.25, 0.3) is 0 Å². The second-order valence-electron chi connectivity index (χ2n) is 7.14. The fourth-order valence-corrected chi connectivity index (χ4v) is 3.10. The smallest absolute Gasteiger partial charge is 0.416 e. The summed E-state index contributed by atoms with van der Waals surface area (Å²) in [6.07, 6.45) is -0.133. The third kappa shape index (κ3) is 4.65. The quantitative estimate of drug-likeness (QED) is 0.697. The van der Waals surface area contributed by atoms with E-state index in [1.54, 1.807) is 6.07 Å². The van der Waals surface area contributed by atoms with Crippen LogP contribution in [0, 0.1) is 11.3 Å². The van der Waals surface area contributed by atoms with Crippen molar-refractivity contribution in [2.24, 2.45) is 11.3 Å². The van der Waals surface area contributed by atoms with Gasteiger partial charge in [0.25, 0.3) is 0 Å². The monoisotopic (exact) mass is 300 g/mol. The lowest BCUT2D eigenvalue weighted by Crippen LogP contribution is -2.25. The second-order valence-corrected chi connectivity index (χ2v) is 7.14. The molecule has 21 heavy (non-hydrogen) atoms. The van der Waals surface area contributed by atoms with E-state index >= 15 is 0 Å². The molecule has 0 aliphatic heterocycles. The van der Waals surface area contributed by atoms with Crippen LogP contribution in [0.5, 0.6) is 5.75 Å². The van der Waals surface area contributed by atoms with Gasteiger partial charge >= 0.3 is 6.18 Å². The number of halogens is 3. The molecule has 0 heterocycles. The third-order valence-electron chi connectivity index (χ3n) is 3.91. The highest BCUT2D eigenvalue weighted by atomic mass is 19.4. The molecule has 1 fully saturated rings. The van der Waals surface area contributed by atoms with E-state index in [0.717, 1.165) is 37.8 Å². The Morgan fingerprint density at radius 2 is 1.86 bits per heavy atom. The van der Waals surface area contributed by atoms with Gasteiger partial charge in [0.15, 0.2) is 0 Å². The Hall–Kier alpha value is -1.19. The van der Waals surface area contributed by atoms with Gasteiger partial charge in [-0.3, -0.25) is 0 Å². The predicted octanol–water partition coefficient (Wildman–Crippen LogP) is 5.69. The standard InChI is InChI=1S/C17H23F3O/c1-16(2,3)11-12-6-4-9-15(12)21-14-8-5-7-13(10-14)17(18,19)20/h5,7-8,10,12,15H,4,6,9,11H2,1-3H3. The van der Waals surface area contributed by atoms with Crippen molar-refractivity contribution in [1.29, 1.82) is 0 Å². The Bertz CT molecular complexity index is 474. The lowest BCUT2D eigenvalue weighted by Gasteiger charge is -2.28. The van der Waals surface area contributed by atoms with Crippen molar-refractivity contribution in [3.63, 3.8) is 0 Å². The molecule has 118 valence electrons. The van der Waals surface area contributed by atoms with Crippen LogP contribution in [0.2, 0.25) is 0 Å². The predicted molar refractivity (Wildman–Crippen MR) is 77.3 cm³/mol. The summed E-state index contributed by atoms with van der Waals surface area (Å²) >= 11 is 0. The van der Waals surface area contributed by atoms with Crippen LogP contribution in [0.4, 0.5) is 13.2 Å². The van der Waals surface area contributed by atoms with Gasteiger partial charge < -0.3 is 4.74 Å². The van der Waals surface area contributed by atoms with Crippen molar-refractivity contribution in [2.45, 2.75) is 58.7 Å². The van der Waals surface area contributed by atoms with Crippen LogP contribution in [-0.2, 0) is 6.18 Å². The van der Waals surface area contributed by atoms with E-state index in [4.69, 9.17) is 4.74 Å². The molecule has 1 aliphatic carbocycles. The highest BCUT2D eigenvalue weighted by molar-refractivity contribution is 5.30. The minimum atomic E-state index is -4.32. The summed E-state index contributed by atoms with van der Waals surface area (Å²) in [6, 6.07) is 5.20.